The van der Waals surface area contributed by atoms with E-state index in [1.165, 1.54) is 0 Å². The number of hydrogen-bond acceptors (Lipinski definition) is 4. The van der Waals surface area contributed by atoms with Gasteiger partial charge in [0.25, 0.3) is 0 Å². The molecule has 2 aromatic rings. The normalized spacial score (nSPS) is 14.1. The molecule has 12 heteroatoms. The van der Waals surface area contributed by atoms with Gasteiger partial charge in [-0.05, 0) is 32.8 Å². The molecule has 0 aliphatic carbocycles. The molecule has 0 fully saturated rings. The minimum atomic E-state index is -2.27. The lowest BCUT2D eigenvalue weighted by molar-refractivity contribution is -0.145. The fourth-order valence-corrected chi connectivity index (χ4v) is 4.90. The van der Waals surface area contributed by atoms with E-state index in [2.05, 4.69) is 5.32 Å². The van der Waals surface area contributed by atoms with Crippen LogP contribution in [0, 0.1) is 0 Å². The second-order valence-electron chi connectivity index (χ2n) is 8.36. The maximum atomic E-state index is 13.2. The molecule has 7 nitrogen and oxygen atoms in total. The molecule has 0 saturated carbocycles. The summed E-state index contributed by atoms with van der Waals surface area (Å²) in [6.45, 7) is 4.75. The van der Waals surface area contributed by atoms with Gasteiger partial charge < -0.3 is 20.9 Å². The van der Waals surface area contributed by atoms with Gasteiger partial charge in [-0.1, -0.05) is 88.3 Å². The van der Waals surface area contributed by atoms with Crippen molar-refractivity contribution in [2.45, 2.75) is 44.2 Å². The maximum absolute atomic E-state index is 13.2. The standard InChI is InChI=1S/C22H21Cl5N2O5/c1-21(2,3)34-20(33)29-17(18(30)31)22(19(28)32,9-10-7-5-4-6-8-10)11-12(23)14(25)16(27)15(26)13(11)24/h4-8,17H,9H2,1-3H3,(H2,28,32)(H,29,33)(H,30,31)/t17-,22?/m1/s1. The van der Waals surface area contributed by atoms with Crippen molar-refractivity contribution in [1.29, 1.82) is 0 Å². The van der Waals surface area contributed by atoms with Crippen molar-refractivity contribution in [1.82, 2.24) is 5.32 Å². The molecule has 0 saturated heterocycles. The summed E-state index contributed by atoms with van der Waals surface area (Å²) in [6.07, 6.45) is -1.46. The Morgan fingerprint density at radius 1 is 0.941 bits per heavy atom. The SMILES string of the molecule is CC(C)(C)OC(=O)N[C@H](C(=O)O)C(Cc1ccccc1)(C(N)=O)c1c(Cl)c(Cl)c(Cl)c(Cl)c1Cl. The van der Waals surface area contributed by atoms with Crippen molar-refractivity contribution in [2.75, 3.05) is 0 Å². The van der Waals surface area contributed by atoms with Gasteiger partial charge in [0, 0.05) is 5.56 Å². The summed E-state index contributed by atoms with van der Waals surface area (Å²) < 4.78 is 5.20. The third kappa shape index (κ3) is 5.83. The summed E-state index contributed by atoms with van der Waals surface area (Å²) in [6, 6.07) is 6.32. The number of alkyl carbamates (subject to hydrolysis) is 1. The minimum Gasteiger partial charge on any atom is -0.480 e. The molecule has 0 aromatic heterocycles. The van der Waals surface area contributed by atoms with E-state index in [4.69, 9.17) is 68.5 Å². The van der Waals surface area contributed by atoms with E-state index in [-0.39, 0.29) is 37.1 Å². The van der Waals surface area contributed by atoms with Gasteiger partial charge in [-0.3, -0.25) is 4.79 Å². The Morgan fingerprint density at radius 3 is 1.82 bits per heavy atom. The second-order valence-corrected chi connectivity index (χ2v) is 10.3. The summed E-state index contributed by atoms with van der Waals surface area (Å²) in [5.74, 6) is -2.78. The van der Waals surface area contributed by atoms with E-state index >= 15 is 0 Å². The molecule has 0 heterocycles. The molecular weight excluding hydrogens is 550 g/mol. The van der Waals surface area contributed by atoms with Crippen LogP contribution >= 0.6 is 58.0 Å². The highest BCUT2D eigenvalue weighted by Crippen LogP contribution is 2.50. The molecule has 34 heavy (non-hydrogen) atoms. The molecule has 184 valence electrons. The monoisotopic (exact) mass is 568 g/mol. The van der Waals surface area contributed by atoms with Gasteiger partial charge in [-0.25, -0.2) is 9.59 Å². The molecule has 0 spiro atoms. The van der Waals surface area contributed by atoms with Crippen LogP contribution in [0.1, 0.15) is 31.9 Å². The summed E-state index contributed by atoms with van der Waals surface area (Å²) >= 11 is 31.5. The number of carboxylic acid groups (broad SMARTS) is 1. The fraction of sp³-hybridized carbons (Fsp3) is 0.318. The topological polar surface area (TPSA) is 119 Å². The average molecular weight is 571 g/mol. The minimum absolute atomic E-state index is 0.202. The van der Waals surface area contributed by atoms with Crippen LogP contribution in [-0.2, 0) is 26.2 Å². The molecule has 1 unspecified atom stereocenters. The van der Waals surface area contributed by atoms with Gasteiger partial charge in [0.2, 0.25) is 5.91 Å². The van der Waals surface area contributed by atoms with E-state index < -0.39 is 35.0 Å². The van der Waals surface area contributed by atoms with Crippen LogP contribution in [0.5, 0.6) is 0 Å². The van der Waals surface area contributed by atoms with Crippen LogP contribution in [0.4, 0.5) is 4.79 Å². The van der Waals surface area contributed by atoms with Crippen LogP contribution in [0.15, 0.2) is 30.3 Å². The molecule has 2 amide bonds. The number of ether oxygens (including phenoxy) is 1. The number of halogens is 5. The first-order valence-corrected chi connectivity index (χ1v) is 11.6. The molecule has 2 rings (SSSR count). The van der Waals surface area contributed by atoms with Crippen LogP contribution < -0.4 is 11.1 Å². The Morgan fingerprint density at radius 2 is 1.41 bits per heavy atom. The number of aliphatic carboxylic acids is 1. The average Bonchev–Trinajstić information content (AvgIpc) is 2.73. The van der Waals surface area contributed by atoms with E-state index in [1.807, 2.05) is 0 Å². The van der Waals surface area contributed by atoms with Crippen molar-refractivity contribution in [3.05, 3.63) is 66.6 Å². The highest BCUT2D eigenvalue weighted by atomic mass is 35.5. The molecule has 0 aliphatic rings. The Hall–Kier alpha value is -1.90. The number of primary amides is 1. The molecule has 0 radical (unpaired) electrons. The van der Waals surface area contributed by atoms with E-state index in [0.717, 1.165) is 0 Å². The molecule has 0 aliphatic heterocycles. The van der Waals surface area contributed by atoms with E-state index in [9.17, 15) is 19.5 Å². The zero-order valence-electron chi connectivity index (χ0n) is 18.2. The van der Waals surface area contributed by atoms with Crippen LogP contribution in [0.3, 0.4) is 0 Å². The van der Waals surface area contributed by atoms with Gasteiger partial charge in [0.1, 0.15) is 17.1 Å². The number of hydrogen-bond donors (Lipinski definition) is 3. The summed E-state index contributed by atoms with van der Waals surface area (Å²) in [7, 11) is 0. The number of nitrogens with two attached hydrogens (primary N) is 1. The summed E-state index contributed by atoms with van der Waals surface area (Å²) in [5.41, 5.74) is 2.79. The van der Waals surface area contributed by atoms with Crippen molar-refractivity contribution < 1.29 is 24.2 Å². The largest absolute Gasteiger partial charge is 0.480 e. The van der Waals surface area contributed by atoms with Crippen LogP contribution in [0.2, 0.25) is 25.1 Å². The Balaban J connectivity index is 2.92. The lowest BCUT2D eigenvalue weighted by atomic mass is 9.69. The Labute approximate surface area is 221 Å². The smallest absolute Gasteiger partial charge is 0.408 e. The summed E-state index contributed by atoms with van der Waals surface area (Å²) in [5, 5.41) is 11.0. The second kappa shape index (κ2) is 10.8. The lowest BCUT2D eigenvalue weighted by Gasteiger charge is -2.38. The number of nitrogens with one attached hydrogen (secondary N) is 1. The molecular formula is C22H21Cl5N2O5. The van der Waals surface area contributed by atoms with Crippen LogP contribution in [-0.4, -0.2) is 34.7 Å². The van der Waals surface area contributed by atoms with Crippen LogP contribution in [0.25, 0.3) is 0 Å². The number of amides is 2. The maximum Gasteiger partial charge on any atom is 0.408 e. The predicted molar refractivity (Wildman–Crippen MR) is 133 cm³/mol. The highest BCUT2D eigenvalue weighted by molar-refractivity contribution is 6.55. The van der Waals surface area contributed by atoms with Gasteiger partial charge >= 0.3 is 12.1 Å². The van der Waals surface area contributed by atoms with Gasteiger partial charge in [0.15, 0.2) is 0 Å². The highest BCUT2D eigenvalue weighted by Gasteiger charge is 2.54. The zero-order valence-corrected chi connectivity index (χ0v) is 22.0. The van der Waals surface area contributed by atoms with Crippen molar-refractivity contribution >= 4 is 76.0 Å². The number of carboxylic acids is 1. The predicted octanol–water partition coefficient (Wildman–Crippen LogP) is 5.90. The van der Waals surface area contributed by atoms with Crippen molar-refractivity contribution in [3.8, 4) is 0 Å². The first-order valence-electron chi connectivity index (χ1n) is 9.71. The molecule has 2 aromatic carbocycles. The Bertz CT molecular complexity index is 1090. The van der Waals surface area contributed by atoms with Gasteiger partial charge in [-0.15, -0.1) is 0 Å². The lowest BCUT2D eigenvalue weighted by Crippen LogP contribution is -2.62. The Kier molecular flexibility index (Phi) is 8.99. The first kappa shape index (κ1) is 28.3. The van der Waals surface area contributed by atoms with E-state index in [0.29, 0.717) is 5.56 Å². The molecule has 4 N–H and O–H groups in total. The van der Waals surface area contributed by atoms with Gasteiger partial charge in [0.05, 0.1) is 25.1 Å². The number of carbonyl (C=O) groups excluding carboxylic acids is 2. The van der Waals surface area contributed by atoms with Crippen molar-refractivity contribution in [3.63, 3.8) is 0 Å². The number of carbonyl (C=O) groups is 3. The third-order valence-electron chi connectivity index (χ3n) is 4.82. The quantitative estimate of drug-likeness (QED) is 0.283. The van der Waals surface area contributed by atoms with Crippen molar-refractivity contribution in [2.24, 2.45) is 5.73 Å². The number of benzene rings is 2. The van der Waals surface area contributed by atoms with Gasteiger partial charge in [-0.2, -0.15) is 0 Å². The summed E-state index contributed by atoms with van der Waals surface area (Å²) in [4.78, 5) is 38.3. The third-order valence-corrected chi connectivity index (χ3v) is 7.10. The molecule has 0 bridgehead atoms. The zero-order chi connectivity index (χ0) is 26.0. The van der Waals surface area contributed by atoms with E-state index in [1.54, 1.807) is 51.1 Å². The number of rotatable bonds is 7. The first-order chi connectivity index (χ1) is 15.6. The fourth-order valence-electron chi connectivity index (χ4n) is 3.42. The molecule has 2 atom stereocenters.